The minimum atomic E-state index is -1.16. The number of ether oxygens (including phenoxy) is 1. The van der Waals surface area contributed by atoms with E-state index in [2.05, 4.69) is 20.6 Å². The van der Waals surface area contributed by atoms with Crippen molar-refractivity contribution in [2.45, 2.75) is 44.7 Å². The highest BCUT2D eigenvalue weighted by Crippen LogP contribution is 2.30. The molecule has 1 aromatic heterocycles. The SMILES string of the molecule is COCCN1CC(NC(O)Nc2c(C)c(CC(C)O)nn2-c2ccccc2)C(c2ccc(F)c(F)c2)C1. The lowest BCUT2D eigenvalue weighted by atomic mass is 9.94. The van der Waals surface area contributed by atoms with E-state index in [1.807, 2.05) is 37.3 Å². The van der Waals surface area contributed by atoms with Crippen molar-refractivity contribution in [2.24, 2.45) is 0 Å². The maximum absolute atomic E-state index is 14.0. The van der Waals surface area contributed by atoms with Crippen LogP contribution in [0.4, 0.5) is 14.6 Å². The van der Waals surface area contributed by atoms with Gasteiger partial charge in [-0.3, -0.25) is 10.2 Å². The van der Waals surface area contributed by atoms with E-state index in [9.17, 15) is 19.0 Å². The standard InChI is InChI=1S/C27H35F2N5O3/c1-17(35)13-24-18(2)26(34(32-24)20-7-5-4-6-8-20)31-27(36)30-25-16-33(11-12-37-3)15-21(25)19-9-10-22(28)23(29)14-19/h4-10,14,17,21,25,27,30-31,35-36H,11-13,15-16H2,1-3H3. The first-order valence-corrected chi connectivity index (χ1v) is 12.5. The van der Waals surface area contributed by atoms with Gasteiger partial charge in [-0.25, -0.2) is 13.5 Å². The molecule has 4 rings (SSSR count). The van der Waals surface area contributed by atoms with Crippen molar-refractivity contribution in [3.8, 4) is 5.69 Å². The van der Waals surface area contributed by atoms with E-state index in [0.717, 1.165) is 23.0 Å². The molecule has 0 aliphatic carbocycles. The molecule has 10 heteroatoms. The summed E-state index contributed by atoms with van der Waals surface area (Å²) in [7, 11) is 1.64. The van der Waals surface area contributed by atoms with Gasteiger partial charge in [-0.2, -0.15) is 5.10 Å². The molecule has 4 N–H and O–H groups in total. The van der Waals surface area contributed by atoms with Crippen LogP contribution in [0.25, 0.3) is 5.69 Å². The Morgan fingerprint density at radius 1 is 1.11 bits per heavy atom. The van der Waals surface area contributed by atoms with Gasteiger partial charge in [0.15, 0.2) is 18.0 Å². The molecule has 37 heavy (non-hydrogen) atoms. The molecule has 1 saturated heterocycles. The Bertz CT molecular complexity index is 1170. The van der Waals surface area contributed by atoms with Crippen LogP contribution in [0.2, 0.25) is 0 Å². The molecule has 1 aliphatic rings. The summed E-state index contributed by atoms with van der Waals surface area (Å²) in [4.78, 5) is 2.17. The van der Waals surface area contributed by atoms with Crippen LogP contribution in [0.15, 0.2) is 48.5 Å². The predicted molar refractivity (Wildman–Crippen MR) is 138 cm³/mol. The second-order valence-corrected chi connectivity index (χ2v) is 9.57. The summed E-state index contributed by atoms with van der Waals surface area (Å²) in [6.07, 6.45) is -1.35. The number of rotatable bonds is 11. The van der Waals surface area contributed by atoms with Crippen molar-refractivity contribution < 1.29 is 23.7 Å². The molecule has 8 nitrogen and oxygen atoms in total. The predicted octanol–water partition coefficient (Wildman–Crippen LogP) is 2.77. The minimum absolute atomic E-state index is 0.172. The molecular formula is C27H35F2N5O3. The smallest absolute Gasteiger partial charge is 0.182 e. The number of aromatic nitrogens is 2. The number of anilines is 1. The van der Waals surface area contributed by atoms with Gasteiger partial charge in [-0.05, 0) is 43.7 Å². The highest BCUT2D eigenvalue weighted by molar-refractivity contribution is 5.53. The topological polar surface area (TPSA) is 94.8 Å². The summed E-state index contributed by atoms with van der Waals surface area (Å²) in [6, 6.07) is 13.3. The Morgan fingerprint density at radius 2 is 1.86 bits per heavy atom. The molecule has 0 amide bonds. The van der Waals surface area contributed by atoms with Crippen LogP contribution in [-0.4, -0.2) is 76.7 Å². The summed E-state index contributed by atoms with van der Waals surface area (Å²) >= 11 is 0. The zero-order valence-corrected chi connectivity index (χ0v) is 21.4. The number of benzene rings is 2. The molecule has 4 atom stereocenters. The van der Waals surface area contributed by atoms with Crippen molar-refractivity contribution >= 4 is 5.82 Å². The molecule has 0 spiro atoms. The van der Waals surface area contributed by atoms with Crippen molar-refractivity contribution in [2.75, 3.05) is 38.7 Å². The van der Waals surface area contributed by atoms with Gasteiger partial charge in [0, 0.05) is 50.7 Å². The van der Waals surface area contributed by atoms with Crippen LogP contribution >= 0.6 is 0 Å². The third kappa shape index (κ3) is 6.52. The van der Waals surface area contributed by atoms with Crippen LogP contribution in [0.5, 0.6) is 0 Å². The monoisotopic (exact) mass is 515 g/mol. The van der Waals surface area contributed by atoms with Crippen LogP contribution in [-0.2, 0) is 11.2 Å². The fourth-order valence-electron chi connectivity index (χ4n) is 4.85. The molecule has 3 aromatic rings. The number of aliphatic hydroxyl groups is 2. The van der Waals surface area contributed by atoms with Gasteiger partial charge >= 0.3 is 0 Å². The number of hydrogen-bond acceptors (Lipinski definition) is 7. The molecule has 200 valence electrons. The van der Waals surface area contributed by atoms with E-state index < -0.39 is 24.1 Å². The highest BCUT2D eigenvalue weighted by Gasteiger charge is 2.35. The van der Waals surface area contributed by atoms with Crippen LogP contribution in [0.1, 0.15) is 29.7 Å². The van der Waals surface area contributed by atoms with E-state index in [0.29, 0.717) is 44.0 Å². The molecule has 4 unspecified atom stereocenters. The van der Waals surface area contributed by atoms with Crippen LogP contribution < -0.4 is 10.6 Å². The maximum atomic E-state index is 14.0. The zero-order valence-electron chi connectivity index (χ0n) is 21.4. The van der Waals surface area contributed by atoms with Gasteiger partial charge in [-0.15, -0.1) is 0 Å². The fraction of sp³-hybridized carbons (Fsp3) is 0.444. The highest BCUT2D eigenvalue weighted by atomic mass is 19.2. The zero-order chi connectivity index (χ0) is 26.5. The van der Waals surface area contributed by atoms with Crippen molar-refractivity contribution in [1.82, 2.24) is 20.0 Å². The first-order chi connectivity index (χ1) is 17.8. The van der Waals surface area contributed by atoms with Gasteiger partial charge in [-0.1, -0.05) is 24.3 Å². The summed E-state index contributed by atoms with van der Waals surface area (Å²) < 4.78 is 34.5. The second kappa shape index (κ2) is 12.1. The number of nitrogens with one attached hydrogen (secondary N) is 2. The van der Waals surface area contributed by atoms with Gasteiger partial charge in [0.25, 0.3) is 0 Å². The van der Waals surface area contributed by atoms with E-state index in [1.54, 1.807) is 24.8 Å². The maximum Gasteiger partial charge on any atom is 0.182 e. The second-order valence-electron chi connectivity index (χ2n) is 9.57. The first kappa shape index (κ1) is 27.2. The average molecular weight is 516 g/mol. The summed E-state index contributed by atoms with van der Waals surface area (Å²) in [5, 5.41) is 32.1. The Morgan fingerprint density at radius 3 is 2.54 bits per heavy atom. The summed E-state index contributed by atoms with van der Waals surface area (Å²) in [5.74, 6) is -1.35. The fourth-order valence-corrected chi connectivity index (χ4v) is 4.85. The molecule has 2 aromatic carbocycles. The Balaban J connectivity index is 1.57. The van der Waals surface area contributed by atoms with Gasteiger partial charge in [0.05, 0.1) is 24.1 Å². The third-order valence-corrected chi connectivity index (χ3v) is 6.73. The Labute approximate surface area is 215 Å². The Hall–Kier alpha value is -2.89. The molecule has 0 saturated carbocycles. The van der Waals surface area contributed by atoms with E-state index in [1.165, 1.54) is 6.07 Å². The van der Waals surface area contributed by atoms with Crippen molar-refractivity contribution in [3.63, 3.8) is 0 Å². The number of hydrogen-bond donors (Lipinski definition) is 4. The number of likely N-dealkylation sites (tertiary alicyclic amines) is 1. The molecule has 0 bridgehead atoms. The normalized spacial score (nSPS) is 19.8. The largest absolute Gasteiger partial charge is 0.393 e. The van der Waals surface area contributed by atoms with Crippen LogP contribution in [0.3, 0.4) is 0 Å². The molecule has 1 fully saturated rings. The number of para-hydroxylation sites is 1. The number of halogens is 2. The molecule has 2 heterocycles. The average Bonchev–Trinajstić information content (AvgIpc) is 3.40. The number of nitrogens with zero attached hydrogens (tertiary/aromatic N) is 3. The number of methoxy groups -OCH3 is 1. The van der Waals surface area contributed by atoms with Crippen molar-refractivity contribution in [1.29, 1.82) is 0 Å². The van der Waals surface area contributed by atoms with Crippen LogP contribution in [0, 0.1) is 18.6 Å². The first-order valence-electron chi connectivity index (χ1n) is 12.5. The van der Waals surface area contributed by atoms with Gasteiger partial charge < -0.3 is 20.3 Å². The molecular weight excluding hydrogens is 480 g/mol. The molecule has 1 aliphatic heterocycles. The Kier molecular flexibility index (Phi) is 8.88. The van der Waals surface area contributed by atoms with Gasteiger partial charge in [0.1, 0.15) is 5.82 Å². The molecule has 0 radical (unpaired) electrons. The van der Waals surface area contributed by atoms with E-state index in [4.69, 9.17) is 4.74 Å². The van der Waals surface area contributed by atoms with Crippen molar-refractivity contribution in [3.05, 3.63) is 77.0 Å². The minimum Gasteiger partial charge on any atom is -0.393 e. The third-order valence-electron chi connectivity index (χ3n) is 6.73. The lowest BCUT2D eigenvalue weighted by molar-refractivity contribution is 0.139. The van der Waals surface area contributed by atoms with E-state index in [-0.39, 0.29) is 12.0 Å². The lowest BCUT2D eigenvalue weighted by Gasteiger charge is -2.25. The number of aliphatic hydroxyl groups excluding tert-OH is 2. The van der Waals surface area contributed by atoms with E-state index >= 15 is 0 Å². The summed E-state index contributed by atoms with van der Waals surface area (Å²) in [6.45, 7) is 6.03. The van der Waals surface area contributed by atoms with Gasteiger partial charge in [0.2, 0.25) is 0 Å². The quantitative estimate of drug-likeness (QED) is 0.292. The lowest BCUT2D eigenvalue weighted by Crippen LogP contribution is -2.46. The summed E-state index contributed by atoms with van der Waals surface area (Å²) in [5.41, 5.74) is 3.01.